The van der Waals surface area contributed by atoms with Gasteiger partial charge in [0.15, 0.2) is 11.5 Å². The average molecular weight is 576 g/mol. The van der Waals surface area contributed by atoms with E-state index in [2.05, 4.69) is 23.5 Å². The van der Waals surface area contributed by atoms with Gasteiger partial charge in [-0.05, 0) is 76.5 Å². The number of piperidine rings is 1. The Kier molecular flexibility index (Phi) is 6.39. The Morgan fingerprint density at radius 2 is 1.83 bits per heavy atom. The van der Waals surface area contributed by atoms with Crippen LogP contribution in [0.3, 0.4) is 0 Å². The van der Waals surface area contributed by atoms with Crippen LogP contribution in [0.4, 0.5) is 0 Å². The lowest BCUT2D eigenvalue weighted by Gasteiger charge is -2.20. The van der Waals surface area contributed by atoms with Crippen LogP contribution in [0.1, 0.15) is 75.0 Å². The summed E-state index contributed by atoms with van der Waals surface area (Å²) in [6.45, 7) is 11.3. The van der Waals surface area contributed by atoms with E-state index in [0.29, 0.717) is 71.8 Å². The van der Waals surface area contributed by atoms with Gasteiger partial charge in [-0.15, -0.1) is 0 Å². The zero-order valence-corrected chi connectivity index (χ0v) is 24.8. The summed E-state index contributed by atoms with van der Waals surface area (Å²) in [5.74, 6) is 2.77. The number of fused-ring (bicyclic) bond motifs is 2. The molecule has 10 nitrogen and oxygen atoms in total. The van der Waals surface area contributed by atoms with E-state index in [0.717, 1.165) is 54.6 Å². The van der Waals surface area contributed by atoms with E-state index in [1.54, 1.807) is 23.8 Å². The number of hydrogen-bond donors (Lipinski definition) is 0. The van der Waals surface area contributed by atoms with E-state index < -0.39 is 10.0 Å². The third-order valence-corrected chi connectivity index (χ3v) is 11.5. The first-order chi connectivity index (χ1) is 19.7. The first-order valence-corrected chi connectivity index (χ1v) is 16.5. The maximum absolute atomic E-state index is 14.0. The van der Waals surface area contributed by atoms with Crippen molar-refractivity contribution in [3.05, 3.63) is 52.1 Å². The van der Waals surface area contributed by atoms with Crippen molar-refractivity contribution in [2.75, 3.05) is 18.8 Å². The van der Waals surface area contributed by atoms with E-state index >= 15 is 0 Å². The van der Waals surface area contributed by atoms with Crippen molar-refractivity contribution in [2.45, 2.75) is 71.3 Å². The monoisotopic (exact) mass is 575 g/mol. The van der Waals surface area contributed by atoms with Gasteiger partial charge in [0.25, 0.3) is 5.56 Å². The fourth-order valence-electron chi connectivity index (χ4n) is 6.85. The van der Waals surface area contributed by atoms with E-state index in [4.69, 9.17) is 15.0 Å². The Labute approximate surface area is 240 Å². The molecule has 41 heavy (non-hydrogen) atoms. The normalized spacial score (nSPS) is 24.9. The van der Waals surface area contributed by atoms with Crippen LogP contribution in [-0.2, 0) is 16.4 Å². The van der Waals surface area contributed by atoms with Gasteiger partial charge < -0.3 is 0 Å². The molecule has 4 fully saturated rings. The lowest BCUT2D eigenvalue weighted by Crippen LogP contribution is -2.33. The number of rotatable bonds is 10. The molecule has 3 unspecified atom stereocenters. The quantitative estimate of drug-likeness (QED) is 0.334. The molecule has 0 radical (unpaired) electrons. The minimum atomic E-state index is -3.13. The Morgan fingerprint density at radius 1 is 1.10 bits per heavy atom. The van der Waals surface area contributed by atoms with Gasteiger partial charge in [-0.25, -0.2) is 37.6 Å². The average Bonchev–Trinajstić information content (AvgIpc) is 3.86. The van der Waals surface area contributed by atoms with Crippen molar-refractivity contribution in [2.24, 2.45) is 23.7 Å². The molecule has 3 aromatic rings. The van der Waals surface area contributed by atoms with Crippen molar-refractivity contribution in [3.63, 3.8) is 0 Å². The SMILES string of the molecule is C=C(Cc1nc2cnc(-c3c(C)ncnc3C3CC3)nc2n(C(C)C2CC2)c1=O)CC1C2CN(S(=O)(=O)CC)CC12. The lowest BCUT2D eigenvalue weighted by atomic mass is 10.0. The predicted octanol–water partition coefficient (Wildman–Crippen LogP) is 3.82. The summed E-state index contributed by atoms with van der Waals surface area (Å²) in [5.41, 5.74) is 5.20. The van der Waals surface area contributed by atoms with Crippen LogP contribution in [-0.4, -0.2) is 61.1 Å². The molecule has 0 bridgehead atoms. The van der Waals surface area contributed by atoms with Gasteiger partial charge >= 0.3 is 0 Å². The van der Waals surface area contributed by atoms with E-state index in [-0.39, 0.29) is 17.4 Å². The molecule has 216 valence electrons. The minimum absolute atomic E-state index is 0.00748. The lowest BCUT2D eigenvalue weighted by molar-refractivity contribution is 0.411. The van der Waals surface area contributed by atoms with Crippen LogP contribution < -0.4 is 5.56 Å². The highest BCUT2D eigenvalue weighted by Gasteiger charge is 2.57. The third-order valence-electron chi connectivity index (χ3n) is 9.70. The Hall–Kier alpha value is -3.05. The fraction of sp³-hybridized carbons (Fsp3) is 0.600. The van der Waals surface area contributed by atoms with Gasteiger partial charge in [0.05, 0.1) is 28.9 Å². The molecule has 4 heterocycles. The van der Waals surface area contributed by atoms with Gasteiger partial charge in [0.1, 0.15) is 17.5 Å². The van der Waals surface area contributed by atoms with E-state index in [9.17, 15) is 13.2 Å². The third kappa shape index (κ3) is 4.80. The number of aromatic nitrogens is 6. The van der Waals surface area contributed by atoms with Gasteiger partial charge in [-0.1, -0.05) is 12.2 Å². The number of allylic oxidation sites excluding steroid dienone is 1. The molecule has 0 spiro atoms. The molecule has 1 aliphatic heterocycles. The Morgan fingerprint density at radius 3 is 2.49 bits per heavy atom. The second kappa shape index (κ2) is 9.76. The summed E-state index contributed by atoms with van der Waals surface area (Å²) in [5, 5.41) is 0. The maximum Gasteiger partial charge on any atom is 0.274 e. The smallest absolute Gasteiger partial charge is 0.274 e. The molecule has 11 heteroatoms. The van der Waals surface area contributed by atoms with Gasteiger partial charge in [0, 0.05) is 31.5 Å². The second-order valence-corrected chi connectivity index (χ2v) is 14.8. The molecule has 3 aliphatic carbocycles. The zero-order chi connectivity index (χ0) is 28.6. The van der Waals surface area contributed by atoms with Crippen LogP contribution in [0.15, 0.2) is 29.5 Å². The zero-order valence-electron chi connectivity index (χ0n) is 24.0. The van der Waals surface area contributed by atoms with Crippen LogP contribution in [0.5, 0.6) is 0 Å². The fourth-order valence-corrected chi connectivity index (χ4v) is 8.02. The molecular weight excluding hydrogens is 538 g/mol. The van der Waals surface area contributed by atoms with Gasteiger partial charge in [0.2, 0.25) is 10.0 Å². The van der Waals surface area contributed by atoms with Crippen molar-refractivity contribution in [1.29, 1.82) is 0 Å². The summed E-state index contributed by atoms with van der Waals surface area (Å²) >= 11 is 0. The van der Waals surface area contributed by atoms with E-state index in [1.165, 1.54) is 0 Å². The highest BCUT2D eigenvalue weighted by atomic mass is 32.2. The predicted molar refractivity (Wildman–Crippen MR) is 156 cm³/mol. The number of sulfonamides is 1. The van der Waals surface area contributed by atoms with Crippen molar-refractivity contribution >= 4 is 21.2 Å². The van der Waals surface area contributed by atoms with Gasteiger partial charge in [-0.2, -0.15) is 0 Å². The Bertz CT molecular complexity index is 1720. The molecule has 7 rings (SSSR count). The molecule has 3 aromatic heterocycles. The van der Waals surface area contributed by atoms with Crippen LogP contribution in [0, 0.1) is 30.6 Å². The van der Waals surface area contributed by atoms with Crippen molar-refractivity contribution in [1.82, 2.24) is 33.8 Å². The number of nitrogens with zero attached hydrogens (tertiary/aromatic N) is 7. The summed E-state index contributed by atoms with van der Waals surface area (Å²) in [6, 6.07) is 0.00748. The first-order valence-electron chi connectivity index (χ1n) is 14.9. The highest BCUT2D eigenvalue weighted by molar-refractivity contribution is 7.89. The molecular formula is C30H37N7O3S. The summed E-state index contributed by atoms with van der Waals surface area (Å²) in [4.78, 5) is 37.4. The molecule has 0 aromatic carbocycles. The van der Waals surface area contributed by atoms with Crippen molar-refractivity contribution < 1.29 is 8.42 Å². The van der Waals surface area contributed by atoms with Crippen molar-refractivity contribution in [3.8, 4) is 11.4 Å². The standard InChI is InChI=1S/C30H37N7O3S/c1-5-41(39,40)36-13-22-21(23(22)14-36)10-16(2)11-24-30(38)37(18(4)19-6-7-19)29-25(34-24)12-31-28(35-29)26-17(3)32-15-33-27(26)20-8-9-20/h12,15,18-23H,2,5-11,13-14H2,1,3-4H3. The second-order valence-electron chi connectivity index (χ2n) is 12.5. The molecule has 0 amide bonds. The number of hydrogen-bond acceptors (Lipinski definition) is 8. The molecule has 0 N–H and O–H groups in total. The molecule has 3 saturated carbocycles. The van der Waals surface area contributed by atoms with Gasteiger partial charge in [-0.3, -0.25) is 9.36 Å². The Balaban J connectivity index is 1.18. The topological polar surface area (TPSA) is 124 Å². The summed E-state index contributed by atoms with van der Waals surface area (Å²) in [7, 11) is -3.13. The molecule has 3 atom stereocenters. The molecule has 4 aliphatic rings. The largest absolute Gasteiger partial charge is 0.287 e. The van der Waals surface area contributed by atoms with Crippen LogP contribution in [0.2, 0.25) is 0 Å². The highest BCUT2D eigenvalue weighted by Crippen LogP contribution is 2.55. The first kappa shape index (κ1) is 26.8. The van der Waals surface area contributed by atoms with Crippen LogP contribution >= 0.6 is 0 Å². The summed E-state index contributed by atoms with van der Waals surface area (Å²) < 4.78 is 27.9. The summed E-state index contributed by atoms with van der Waals surface area (Å²) in [6.07, 6.45) is 8.95. The maximum atomic E-state index is 14.0. The number of aryl methyl sites for hydroxylation is 1. The minimum Gasteiger partial charge on any atom is -0.287 e. The van der Waals surface area contributed by atoms with E-state index in [1.807, 2.05) is 11.5 Å². The van der Waals surface area contributed by atoms with Crippen LogP contribution in [0.25, 0.3) is 22.6 Å². The molecule has 1 saturated heterocycles.